The molecule has 0 aliphatic carbocycles. The van der Waals surface area contributed by atoms with E-state index >= 15 is 0 Å². The topological polar surface area (TPSA) is 84.2 Å². The van der Waals surface area contributed by atoms with Crippen molar-refractivity contribution in [2.75, 3.05) is 6.54 Å². The molecule has 6 nitrogen and oxygen atoms in total. The third kappa shape index (κ3) is 4.26. The predicted molar refractivity (Wildman–Crippen MR) is 61.6 cm³/mol. The lowest BCUT2D eigenvalue weighted by atomic mass is 10.0. The minimum absolute atomic E-state index is 0.0415. The minimum Gasteiger partial charge on any atom is -0.481 e. The van der Waals surface area contributed by atoms with Crippen LogP contribution in [0.4, 0.5) is 0 Å². The van der Waals surface area contributed by atoms with Gasteiger partial charge < -0.3 is 10.4 Å². The van der Waals surface area contributed by atoms with E-state index in [1.165, 1.54) is 0 Å². The predicted octanol–water partition coefficient (Wildman–Crippen LogP) is 0.651. The largest absolute Gasteiger partial charge is 0.481 e. The third-order valence-electron chi connectivity index (χ3n) is 2.54. The lowest BCUT2D eigenvalue weighted by Gasteiger charge is -2.12. The summed E-state index contributed by atoms with van der Waals surface area (Å²) in [7, 11) is 1.73. The van der Waals surface area contributed by atoms with Gasteiger partial charge in [0.25, 0.3) is 5.91 Å². The number of carbonyl (C=O) groups excluding carboxylic acids is 1. The van der Waals surface area contributed by atoms with Crippen LogP contribution < -0.4 is 5.32 Å². The Morgan fingerprint density at radius 1 is 1.59 bits per heavy atom. The van der Waals surface area contributed by atoms with E-state index in [0.29, 0.717) is 12.2 Å². The Morgan fingerprint density at radius 2 is 2.29 bits per heavy atom. The first-order valence-corrected chi connectivity index (χ1v) is 5.52. The van der Waals surface area contributed by atoms with Crippen LogP contribution in [0, 0.1) is 5.92 Å². The number of rotatable bonds is 6. The minimum atomic E-state index is -0.844. The van der Waals surface area contributed by atoms with Crippen LogP contribution in [0.1, 0.15) is 30.3 Å². The van der Waals surface area contributed by atoms with Crippen molar-refractivity contribution in [1.82, 2.24) is 15.1 Å². The molecule has 0 bridgehead atoms. The second-order valence-electron chi connectivity index (χ2n) is 3.96. The Morgan fingerprint density at radius 3 is 2.76 bits per heavy atom. The number of amides is 1. The number of carboxylic acid groups (broad SMARTS) is 1. The summed E-state index contributed by atoms with van der Waals surface area (Å²) in [4.78, 5) is 22.2. The Kier molecular flexibility index (Phi) is 4.68. The number of aliphatic carboxylic acids is 1. The number of carbonyl (C=O) groups is 2. The number of hydrogen-bond donors (Lipinski definition) is 2. The zero-order valence-corrected chi connectivity index (χ0v) is 10.0. The summed E-state index contributed by atoms with van der Waals surface area (Å²) in [5.74, 6) is -1.15. The van der Waals surface area contributed by atoms with E-state index < -0.39 is 5.97 Å². The van der Waals surface area contributed by atoms with Gasteiger partial charge >= 0.3 is 5.97 Å². The molecule has 17 heavy (non-hydrogen) atoms. The molecule has 1 unspecified atom stereocenters. The van der Waals surface area contributed by atoms with E-state index in [9.17, 15) is 9.59 Å². The van der Waals surface area contributed by atoms with Crippen molar-refractivity contribution >= 4 is 11.9 Å². The van der Waals surface area contributed by atoms with E-state index in [2.05, 4.69) is 10.4 Å². The number of nitrogens with zero attached hydrogens (tertiary/aromatic N) is 2. The van der Waals surface area contributed by atoms with Gasteiger partial charge in [-0.05, 0) is 12.0 Å². The maximum Gasteiger partial charge on any atom is 0.303 e. The van der Waals surface area contributed by atoms with Crippen molar-refractivity contribution in [3.8, 4) is 0 Å². The summed E-state index contributed by atoms with van der Waals surface area (Å²) in [6.07, 6.45) is 2.47. The SMILES string of the molecule is CCC(CNC(=O)c1ccn(C)n1)CC(=O)O. The van der Waals surface area contributed by atoms with Crippen LogP contribution in [0.25, 0.3) is 0 Å². The molecule has 0 radical (unpaired) electrons. The van der Waals surface area contributed by atoms with E-state index in [1.54, 1.807) is 24.0 Å². The Balaban J connectivity index is 2.44. The van der Waals surface area contributed by atoms with Gasteiger partial charge in [0.15, 0.2) is 0 Å². The van der Waals surface area contributed by atoms with Gasteiger partial charge in [-0.3, -0.25) is 14.3 Å². The Labute approximate surface area is 99.6 Å². The highest BCUT2D eigenvalue weighted by Crippen LogP contribution is 2.06. The molecule has 1 rings (SSSR count). The Bertz CT molecular complexity index is 400. The smallest absolute Gasteiger partial charge is 0.303 e. The van der Waals surface area contributed by atoms with Crippen LogP contribution in [0.3, 0.4) is 0 Å². The molecule has 94 valence electrons. The summed E-state index contributed by atoms with van der Waals surface area (Å²) in [6.45, 7) is 2.26. The Hall–Kier alpha value is -1.85. The molecule has 1 atom stereocenters. The summed E-state index contributed by atoms with van der Waals surface area (Å²) in [5, 5.41) is 15.3. The van der Waals surface area contributed by atoms with Crippen LogP contribution in [0.2, 0.25) is 0 Å². The molecule has 0 spiro atoms. The highest BCUT2D eigenvalue weighted by molar-refractivity contribution is 5.92. The third-order valence-corrected chi connectivity index (χ3v) is 2.54. The van der Waals surface area contributed by atoms with Crippen molar-refractivity contribution in [1.29, 1.82) is 0 Å². The van der Waals surface area contributed by atoms with Crippen molar-refractivity contribution in [2.45, 2.75) is 19.8 Å². The lowest BCUT2D eigenvalue weighted by molar-refractivity contribution is -0.138. The average Bonchev–Trinajstić information content (AvgIpc) is 2.70. The summed E-state index contributed by atoms with van der Waals surface area (Å²) >= 11 is 0. The number of carboxylic acids is 1. The first-order chi connectivity index (χ1) is 8.02. The highest BCUT2D eigenvalue weighted by Gasteiger charge is 2.14. The lowest BCUT2D eigenvalue weighted by Crippen LogP contribution is -2.30. The second-order valence-corrected chi connectivity index (χ2v) is 3.96. The monoisotopic (exact) mass is 239 g/mol. The average molecular weight is 239 g/mol. The molecule has 0 aliphatic heterocycles. The standard InChI is InChI=1S/C11H17N3O3/c1-3-8(6-10(15)16)7-12-11(17)9-4-5-14(2)13-9/h4-5,8H,3,6-7H2,1-2H3,(H,12,17)(H,15,16). The molecule has 0 fully saturated rings. The van der Waals surface area contributed by atoms with Crippen LogP contribution in [0.15, 0.2) is 12.3 Å². The fraction of sp³-hybridized carbons (Fsp3) is 0.545. The van der Waals surface area contributed by atoms with Gasteiger partial charge in [0.05, 0.1) is 0 Å². The maximum absolute atomic E-state index is 11.6. The van der Waals surface area contributed by atoms with Crippen molar-refractivity contribution in [3.63, 3.8) is 0 Å². The van der Waals surface area contributed by atoms with Crippen molar-refractivity contribution in [3.05, 3.63) is 18.0 Å². The quantitative estimate of drug-likeness (QED) is 0.763. The van der Waals surface area contributed by atoms with Gasteiger partial charge in [-0.25, -0.2) is 0 Å². The number of aryl methyl sites for hydroxylation is 1. The molecule has 1 amide bonds. The molecule has 2 N–H and O–H groups in total. The van der Waals surface area contributed by atoms with Gasteiger partial charge in [-0.15, -0.1) is 0 Å². The fourth-order valence-corrected chi connectivity index (χ4v) is 1.47. The zero-order chi connectivity index (χ0) is 12.8. The van der Waals surface area contributed by atoms with E-state index in [4.69, 9.17) is 5.11 Å². The van der Waals surface area contributed by atoms with Crippen LogP contribution >= 0.6 is 0 Å². The van der Waals surface area contributed by atoms with E-state index in [0.717, 1.165) is 6.42 Å². The van der Waals surface area contributed by atoms with Crippen LogP contribution in [-0.4, -0.2) is 33.3 Å². The van der Waals surface area contributed by atoms with Crippen molar-refractivity contribution < 1.29 is 14.7 Å². The highest BCUT2D eigenvalue weighted by atomic mass is 16.4. The number of aromatic nitrogens is 2. The molecule has 1 aromatic rings. The molecule has 1 heterocycles. The number of hydrogen-bond acceptors (Lipinski definition) is 3. The summed E-state index contributed by atoms with van der Waals surface area (Å²) in [5.41, 5.74) is 0.345. The first-order valence-electron chi connectivity index (χ1n) is 5.52. The fourth-order valence-electron chi connectivity index (χ4n) is 1.47. The molecular formula is C11H17N3O3. The van der Waals surface area contributed by atoms with Gasteiger partial charge in [-0.2, -0.15) is 5.10 Å². The maximum atomic E-state index is 11.6. The van der Waals surface area contributed by atoms with Gasteiger partial charge in [-0.1, -0.05) is 13.3 Å². The van der Waals surface area contributed by atoms with Crippen molar-refractivity contribution in [2.24, 2.45) is 13.0 Å². The molecular weight excluding hydrogens is 222 g/mol. The van der Waals surface area contributed by atoms with Gasteiger partial charge in [0, 0.05) is 26.2 Å². The van der Waals surface area contributed by atoms with Crippen LogP contribution in [-0.2, 0) is 11.8 Å². The normalized spacial score (nSPS) is 12.1. The second kappa shape index (κ2) is 6.03. The molecule has 0 aromatic carbocycles. The van der Waals surface area contributed by atoms with E-state index in [-0.39, 0.29) is 18.2 Å². The van der Waals surface area contributed by atoms with Gasteiger partial charge in [0.2, 0.25) is 0 Å². The van der Waals surface area contributed by atoms with Gasteiger partial charge in [0.1, 0.15) is 5.69 Å². The first kappa shape index (κ1) is 13.2. The summed E-state index contributed by atoms with van der Waals surface area (Å²) < 4.78 is 1.55. The molecule has 6 heteroatoms. The summed E-state index contributed by atoms with van der Waals surface area (Å²) in [6, 6.07) is 1.62. The van der Waals surface area contributed by atoms with Crippen LogP contribution in [0.5, 0.6) is 0 Å². The molecule has 0 aliphatic rings. The molecule has 0 saturated carbocycles. The molecule has 0 saturated heterocycles. The molecule has 1 aromatic heterocycles. The zero-order valence-electron chi connectivity index (χ0n) is 10.0. The van der Waals surface area contributed by atoms with E-state index in [1.807, 2.05) is 6.92 Å². The number of nitrogens with one attached hydrogen (secondary N) is 1.